The Hall–Kier alpha value is -1.31. The van der Waals surface area contributed by atoms with Gasteiger partial charge in [0.1, 0.15) is 0 Å². The van der Waals surface area contributed by atoms with Crippen molar-refractivity contribution in [3.8, 4) is 0 Å². The smallest absolute Gasteiger partial charge is 0.0740 e. The van der Waals surface area contributed by atoms with Crippen molar-refractivity contribution >= 4 is 6.21 Å². The van der Waals surface area contributed by atoms with E-state index in [9.17, 15) is 0 Å². The number of benzene rings is 1. The van der Waals surface area contributed by atoms with Crippen LogP contribution in [0.2, 0.25) is 0 Å². The highest BCUT2D eigenvalue weighted by atomic mass is 16.4. The molecule has 0 aromatic heterocycles. The van der Waals surface area contributed by atoms with Crippen LogP contribution < -0.4 is 0 Å². The minimum absolute atomic E-state index is 0.812. The summed E-state index contributed by atoms with van der Waals surface area (Å²) in [5, 5.41) is 11.2. The van der Waals surface area contributed by atoms with Gasteiger partial charge < -0.3 is 5.21 Å². The molecule has 11 heavy (non-hydrogen) atoms. The van der Waals surface area contributed by atoms with Crippen LogP contribution in [-0.4, -0.2) is 11.4 Å². The lowest BCUT2D eigenvalue weighted by atomic mass is 10.1. The van der Waals surface area contributed by atoms with Gasteiger partial charge in [-0.05, 0) is 18.1 Å². The van der Waals surface area contributed by atoms with Gasteiger partial charge >= 0.3 is 0 Å². The van der Waals surface area contributed by atoms with Crippen LogP contribution in [0, 0.1) is 6.07 Å². The summed E-state index contributed by atoms with van der Waals surface area (Å²) in [5.74, 6) is 0. The van der Waals surface area contributed by atoms with Gasteiger partial charge in [0.2, 0.25) is 0 Å². The second-order valence-electron chi connectivity index (χ2n) is 2.23. The van der Waals surface area contributed by atoms with E-state index in [0.717, 1.165) is 17.5 Å². The molecule has 0 amide bonds. The summed E-state index contributed by atoms with van der Waals surface area (Å²) < 4.78 is 0. The molecule has 1 rings (SSSR count). The van der Waals surface area contributed by atoms with Crippen molar-refractivity contribution < 1.29 is 5.21 Å². The fourth-order valence-electron chi connectivity index (χ4n) is 0.880. The van der Waals surface area contributed by atoms with Gasteiger partial charge in [0.25, 0.3) is 0 Å². The van der Waals surface area contributed by atoms with Crippen LogP contribution in [0.3, 0.4) is 0 Å². The Morgan fingerprint density at radius 1 is 1.64 bits per heavy atom. The number of hydrogen-bond donors (Lipinski definition) is 1. The summed E-state index contributed by atoms with van der Waals surface area (Å²) in [7, 11) is 0. The molecule has 1 radical (unpaired) electrons. The number of oxime groups is 1. The van der Waals surface area contributed by atoms with Gasteiger partial charge in [0.15, 0.2) is 0 Å². The maximum atomic E-state index is 8.23. The molecule has 1 aromatic carbocycles. The lowest BCUT2D eigenvalue weighted by Gasteiger charge is -1.95. The molecule has 0 atom stereocenters. The summed E-state index contributed by atoms with van der Waals surface area (Å²) in [6.45, 7) is 2.06. The van der Waals surface area contributed by atoms with Crippen molar-refractivity contribution in [1.29, 1.82) is 0 Å². The molecule has 1 aromatic rings. The number of hydrogen-bond acceptors (Lipinski definition) is 2. The minimum Gasteiger partial charge on any atom is -0.411 e. The molecule has 0 aliphatic heterocycles. The zero-order valence-corrected chi connectivity index (χ0v) is 6.41. The van der Waals surface area contributed by atoms with Gasteiger partial charge in [0, 0.05) is 5.56 Å². The van der Waals surface area contributed by atoms with E-state index >= 15 is 0 Å². The molecule has 2 nitrogen and oxygen atoms in total. The SMILES string of the molecule is CCc1[c]c(C=NO)ccc1. The van der Waals surface area contributed by atoms with Crippen LogP contribution in [0.15, 0.2) is 23.4 Å². The van der Waals surface area contributed by atoms with Crippen molar-refractivity contribution in [2.45, 2.75) is 13.3 Å². The van der Waals surface area contributed by atoms with Crippen LogP contribution in [0.4, 0.5) is 0 Å². The van der Waals surface area contributed by atoms with E-state index in [0.29, 0.717) is 0 Å². The van der Waals surface area contributed by atoms with E-state index in [-0.39, 0.29) is 0 Å². The fourth-order valence-corrected chi connectivity index (χ4v) is 0.880. The molecule has 1 N–H and O–H groups in total. The molecule has 0 aliphatic carbocycles. The Labute approximate surface area is 66.2 Å². The highest BCUT2D eigenvalue weighted by Gasteiger charge is 1.90. The molecule has 0 bridgehead atoms. The van der Waals surface area contributed by atoms with Gasteiger partial charge in [-0.3, -0.25) is 0 Å². The standard InChI is InChI=1S/C9H10NO/c1-2-8-4-3-5-9(6-8)7-10-11/h3-5,7,11H,2H2,1H3. The molecule has 0 saturated carbocycles. The van der Waals surface area contributed by atoms with Crippen molar-refractivity contribution in [1.82, 2.24) is 0 Å². The average Bonchev–Trinajstić information content (AvgIpc) is 2.06. The summed E-state index contributed by atoms with van der Waals surface area (Å²) >= 11 is 0. The predicted molar refractivity (Wildman–Crippen MR) is 44.0 cm³/mol. The van der Waals surface area contributed by atoms with E-state index in [1.165, 1.54) is 6.21 Å². The Bertz CT molecular complexity index is 255. The van der Waals surface area contributed by atoms with Crippen LogP contribution in [0.25, 0.3) is 0 Å². The van der Waals surface area contributed by atoms with Crippen molar-refractivity contribution in [3.63, 3.8) is 0 Å². The average molecular weight is 148 g/mol. The molecule has 0 unspecified atom stereocenters. The maximum absolute atomic E-state index is 8.23. The van der Waals surface area contributed by atoms with Crippen LogP contribution >= 0.6 is 0 Å². The first-order chi connectivity index (χ1) is 5.36. The predicted octanol–water partition coefficient (Wildman–Crippen LogP) is 1.86. The largest absolute Gasteiger partial charge is 0.411 e. The van der Waals surface area contributed by atoms with Crippen molar-refractivity contribution in [2.24, 2.45) is 5.16 Å². The number of nitrogens with zero attached hydrogens (tertiary/aromatic N) is 1. The number of aryl methyl sites for hydroxylation is 1. The molecule has 0 heterocycles. The van der Waals surface area contributed by atoms with Crippen molar-refractivity contribution in [3.05, 3.63) is 35.4 Å². The van der Waals surface area contributed by atoms with E-state index in [1.807, 2.05) is 18.2 Å². The van der Waals surface area contributed by atoms with E-state index < -0.39 is 0 Å². The Balaban J connectivity index is 2.91. The zero-order chi connectivity index (χ0) is 8.10. The van der Waals surface area contributed by atoms with E-state index in [2.05, 4.69) is 18.1 Å². The lowest BCUT2D eigenvalue weighted by molar-refractivity contribution is 0.322. The first kappa shape index (κ1) is 7.79. The summed E-state index contributed by atoms with van der Waals surface area (Å²) in [6, 6.07) is 8.85. The monoisotopic (exact) mass is 148 g/mol. The highest BCUT2D eigenvalue weighted by Crippen LogP contribution is 2.02. The molecule has 0 saturated heterocycles. The normalized spacial score (nSPS) is 10.6. The highest BCUT2D eigenvalue weighted by molar-refractivity contribution is 5.78. The Morgan fingerprint density at radius 2 is 2.45 bits per heavy atom. The molecular formula is C9H10NO. The molecule has 0 spiro atoms. The second kappa shape index (κ2) is 3.76. The Morgan fingerprint density at radius 3 is 3.09 bits per heavy atom. The zero-order valence-electron chi connectivity index (χ0n) is 6.41. The molecule has 2 heteroatoms. The third kappa shape index (κ3) is 2.08. The molecule has 57 valence electrons. The first-order valence-corrected chi connectivity index (χ1v) is 3.55. The number of rotatable bonds is 2. The lowest BCUT2D eigenvalue weighted by Crippen LogP contribution is -1.85. The fraction of sp³-hybridized carbons (Fsp3) is 0.222. The van der Waals surface area contributed by atoms with Gasteiger partial charge in [-0.15, -0.1) is 0 Å². The third-order valence-corrected chi connectivity index (χ3v) is 1.46. The molecule has 0 aliphatic rings. The summed E-state index contributed by atoms with van der Waals surface area (Å²) in [5.41, 5.74) is 1.94. The van der Waals surface area contributed by atoms with E-state index in [1.54, 1.807) is 0 Å². The molecule has 0 fully saturated rings. The van der Waals surface area contributed by atoms with E-state index in [4.69, 9.17) is 5.21 Å². The minimum atomic E-state index is 0.812. The molecular weight excluding hydrogens is 138 g/mol. The topological polar surface area (TPSA) is 32.6 Å². The van der Waals surface area contributed by atoms with Gasteiger partial charge in [-0.1, -0.05) is 30.3 Å². The van der Waals surface area contributed by atoms with Crippen LogP contribution in [0.5, 0.6) is 0 Å². The van der Waals surface area contributed by atoms with Gasteiger partial charge in [-0.2, -0.15) is 0 Å². The van der Waals surface area contributed by atoms with Gasteiger partial charge in [-0.25, -0.2) is 0 Å². The summed E-state index contributed by atoms with van der Waals surface area (Å²) in [4.78, 5) is 0. The Kier molecular flexibility index (Phi) is 2.66. The second-order valence-corrected chi connectivity index (χ2v) is 2.23. The third-order valence-electron chi connectivity index (χ3n) is 1.46. The van der Waals surface area contributed by atoms with Crippen LogP contribution in [-0.2, 0) is 6.42 Å². The maximum Gasteiger partial charge on any atom is 0.0740 e. The first-order valence-electron chi connectivity index (χ1n) is 3.55. The van der Waals surface area contributed by atoms with Crippen molar-refractivity contribution in [2.75, 3.05) is 0 Å². The quantitative estimate of drug-likeness (QED) is 0.387. The summed E-state index contributed by atoms with van der Waals surface area (Å²) in [6.07, 6.45) is 2.33. The van der Waals surface area contributed by atoms with Gasteiger partial charge in [0.05, 0.1) is 6.21 Å². The van der Waals surface area contributed by atoms with Crippen LogP contribution in [0.1, 0.15) is 18.1 Å².